The molecule has 0 saturated heterocycles. The number of hydrogen-bond acceptors (Lipinski definition) is 1. The van der Waals surface area contributed by atoms with Crippen molar-refractivity contribution >= 4 is 0 Å². The molecule has 0 fully saturated rings. The molecule has 1 nitrogen and oxygen atoms in total. The topological polar surface area (TPSA) is 20.2 Å². The van der Waals surface area contributed by atoms with Gasteiger partial charge in [0.05, 0.1) is 5.56 Å². The largest absolute Gasteiger partial charge is 0.358 e. The molecular weight excluding hydrogens is 253 g/mol. The van der Waals surface area contributed by atoms with Crippen LogP contribution < -0.4 is 0 Å². The Kier molecular flexibility index (Phi) is 6.35. The molecule has 4 heteroatoms. The van der Waals surface area contributed by atoms with E-state index in [1.807, 2.05) is 0 Å². The fourth-order valence-corrected chi connectivity index (χ4v) is 2.07. The van der Waals surface area contributed by atoms with Crippen LogP contribution in [0.2, 0.25) is 0 Å². The minimum absolute atomic E-state index is 0.209. The monoisotopic (exact) mass is 274 g/mol. The Morgan fingerprint density at radius 3 is 2.37 bits per heavy atom. The first-order valence-electron chi connectivity index (χ1n) is 6.85. The van der Waals surface area contributed by atoms with Crippen molar-refractivity contribution in [3.8, 4) is 0 Å². The van der Waals surface area contributed by atoms with Crippen molar-refractivity contribution in [2.45, 2.75) is 57.7 Å². The molecule has 1 N–H and O–H groups in total. The van der Waals surface area contributed by atoms with Crippen LogP contribution in [0, 0.1) is 11.6 Å². The number of hydrogen-bond donors (Lipinski definition) is 1. The highest BCUT2D eigenvalue weighted by atomic mass is 19.2. The first-order valence-corrected chi connectivity index (χ1v) is 6.85. The zero-order valence-electron chi connectivity index (χ0n) is 11.3. The van der Waals surface area contributed by atoms with Crippen LogP contribution in [-0.2, 0) is 5.85 Å². The fourth-order valence-electron chi connectivity index (χ4n) is 2.07. The van der Waals surface area contributed by atoms with Crippen LogP contribution in [0.4, 0.5) is 13.2 Å². The van der Waals surface area contributed by atoms with E-state index in [1.54, 1.807) is 0 Å². The maximum absolute atomic E-state index is 14.0. The average molecular weight is 274 g/mol. The van der Waals surface area contributed by atoms with E-state index < -0.39 is 23.1 Å². The van der Waals surface area contributed by atoms with Gasteiger partial charge in [0.2, 0.25) is 5.85 Å². The lowest BCUT2D eigenvalue weighted by molar-refractivity contribution is -0.106. The average Bonchev–Trinajstić information content (AvgIpc) is 2.36. The minimum Gasteiger partial charge on any atom is -0.358 e. The van der Waals surface area contributed by atoms with E-state index in [1.165, 1.54) is 6.07 Å². The number of halogens is 3. The number of rotatable bonds is 8. The predicted molar refractivity (Wildman–Crippen MR) is 69.4 cm³/mol. The zero-order valence-corrected chi connectivity index (χ0v) is 11.3. The highest BCUT2D eigenvalue weighted by Crippen LogP contribution is 2.31. The van der Waals surface area contributed by atoms with Gasteiger partial charge >= 0.3 is 0 Å². The standard InChI is InChI=1S/C15H21F3O/c1-2-3-4-5-6-7-11-15(18,19)12-9-8-10-13(16)14(12)17/h8-10,19H,2-7,11H2,1H3. The molecule has 0 aromatic heterocycles. The molecule has 0 bridgehead atoms. The molecule has 0 amide bonds. The van der Waals surface area contributed by atoms with E-state index in [-0.39, 0.29) is 6.42 Å². The molecule has 0 aliphatic carbocycles. The van der Waals surface area contributed by atoms with Crippen LogP contribution in [0.3, 0.4) is 0 Å². The predicted octanol–water partition coefficient (Wildman–Crippen LogP) is 4.83. The SMILES string of the molecule is CCCCCCCCC(O)(F)c1cccc(F)c1F. The fraction of sp³-hybridized carbons (Fsp3) is 0.600. The third kappa shape index (κ3) is 4.86. The molecule has 0 spiro atoms. The van der Waals surface area contributed by atoms with Crippen LogP contribution in [0.15, 0.2) is 18.2 Å². The number of benzene rings is 1. The first kappa shape index (κ1) is 16.0. The summed E-state index contributed by atoms with van der Waals surface area (Å²) in [5.74, 6) is -5.24. The van der Waals surface area contributed by atoms with Gasteiger partial charge in [-0.2, -0.15) is 0 Å². The van der Waals surface area contributed by atoms with Crippen molar-refractivity contribution in [1.29, 1.82) is 0 Å². The summed E-state index contributed by atoms with van der Waals surface area (Å²) in [5, 5.41) is 9.62. The van der Waals surface area contributed by atoms with E-state index in [2.05, 4.69) is 6.92 Å². The molecule has 1 aromatic carbocycles. The minimum atomic E-state index is -2.79. The zero-order chi connectivity index (χ0) is 14.3. The van der Waals surface area contributed by atoms with Crippen LogP contribution in [-0.4, -0.2) is 5.11 Å². The lowest BCUT2D eigenvalue weighted by Crippen LogP contribution is -2.21. The number of alkyl halides is 1. The maximum Gasteiger partial charge on any atom is 0.235 e. The Morgan fingerprint density at radius 1 is 1.05 bits per heavy atom. The van der Waals surface area contributed by atoms with Gasteiger partial charge in [-0.1, -0.05) is 51.2 Å². The van der Waals surface area contributed by atoms with E-state index in [0.717, 1.165) is 44.2 Å². The van der Waals surface area contributed by atoms with E-state index in [0.29, 0.717) is 6.42 Å². The molecule has 19 heavy (non-hydrogen) atoms. The van der Waals surface area contributed by atoms with Crippen molar-refractivity contribution in [1.82, 2.24) is 0 Å². The molecule has 108 valence electrons. The van der Waals surface area contributed by atoms with Crippen molar-refractivity contribution in [3.63, 3.8) is 0 Å². The van der Waals surface area contributed by atoms with Crippen LogP contribution in [0.5, 0.6) is 0 Å². The van der Waals surface area contributed by atoms with E-state index in [9.17, 15) is 18.3 Å². The molecule has 0 saturated carbocycles. The molecule has 0 aliphatic rings. The Hall–Kier alpha value is -1.03. The normalized spacial score (nSPS) is 14.4. The summed E-state index contributed by atoms with van der Waals surface area (Å²) in [6, 6.07) is 3.18. The Balaban J connectivity index is 2.49. The molecule has 0 aliphatic heterocycles. The molecular formula is C15H21F3O. The van der Waals surface area contributed by atoms with Crippen molar-refractivity contribution in [2.75, 3.05) is 0 Å². The lowest BCUT2D eigenvalue weighted by atomic mass is 9.99. The second-order valence-corrected chi connectivity index (χ2v) is 4.88. The van der Waals surface area contributed by atoms with Gasteiger partial charge in [-0.05, 0) is 12.5 Å². The van der Waals surface area contributed by atoms with E-state index >= 15 is 0 Å². The summed E-state index contributed by atoms with van der Waals surface area (Å²) >= 11 is 0. The highest BCUT2D eigenvalue weighted by molar-refractivity contribution is 5.23. The molecule has 1 unspecified atom stereocenters. The molecule has 0 heterocycles. The van der Waals surface area contributed by atoms with Gasteiger partial charge in [-0.15, -0.1) is 0 Å². The molecule has 1 atom stereocenters. The summed E-state index contributed by atoms with van der Waals surface area (Å²) < 4.78 is 40.4. The van der Waals surface area contributed by atoms with Crippen LogP contribution in [0.25, 0.3) is 0 Å². The smallest absolute Gasteiger partial charge is 0.235 e. The summed E-state index contributed by atoms with van der Waals surface area (Å²) in [5.41, 5.74) is -0.610. The highest BCUT2D eigenvalue weighted by Gasteiger charge is 2.32. The Morgan fingerprint density at radius 2 is 1.68 bits per heavy atom. The van der Waals surface area contributed by atoms with Crippen molar-refractivity contribution < 1.29 is 18.3 Å². The summed E-state index contributed by atoms with van der Waals surface area (Å²) in [4.78, 5) is 0. The summed E-state index contributed by atoms with van der Waals surface area (Å²) in [6.45, 7) is 2.10. The van der Waals surface area contributed by atoms with E-state index in [4.69, 9.17) is 0 Å². The van der Waals surface area contributed by atoms with Gasteiger partial charge in [0.15, 0.2) is 11.6 Å². The maximum atomic E-state index is 14.0. The van der Waals surface area contributed by atoms with Crippen molar-refractivity contribution in [3.05, 3.63) is 35.4 Å². The molecule has 1 rings (SSSR count). The van der Waals surface area contributed by atoms with Gasteiger partial charge < -0.3 is 5.11 Å². The summed E-state index contributed by atoms with van der Waals surface area (Å²) in [6.07, 6.45) is 5.33. The number of aliphatic hydroxyl groups is 1. The number of unbranched alkanes of at least 4 members (excludes halogenated alkanes) is 5. The molecule has 1 aromatic rings. The van der Waals surface area contributed by atoms with Crippen LogP contribution >= 0.6 is 0 Å². The van der Waals surface area contributed by atoms with Gasteiger partial charge in [0, 0.05) is 6.42 Å². The quantitative estimate of drug-likeness (QED) is 0.673. The van der Waals surface area contributed by atoms with Gasteiger partial charge in [-0.25, -0.2) is 13.2 Å². The first-order chi connectivity index (χ1) is 8.99. The Bertz CT molecular complexity index is 391. The third-order valence-electron chi connectivity index (χ3n) is 3.23. The van der Waals surface area contributed by atoms with Crippen LogP contribution in [0.1, 0.15) is 57.4 Å². The van der Waals surface area contributed by atoms with Gasteiger partial charge in [0.25, 0.3) is 0 Å². The lowest BCUT2D eigenvalue weighted by Gasteiger charge is -2.20. The summed E-state index contributed by atoms with van der Waals surface area (Å²) in [7, 11) is 0. The van der Waals surface area contributed by atoms with Crippen molar-refractivity contribution in [2.24, 2.45) is 0 Å². The van der Waals surface area contributed by atoms with Gasteiger partial charge in [0.1, 0.15) is 0 Å². The van der Waals surface area contributed by atoms with Gasteiger partial charge in [-0.3, -0.25) is 0 Å². The second kappa shape index (κ2) is 7.53. The Labute approximate surface area is 112 Å². The molecule has 0 radical (unpaired) electrons. The third-order valence-corrected chi connectivity index (χ3v) is 3.23. The second-order valence-electron chi connectivity index (χ2n) is 4.88.